The van der Waals surface area contributed by atoms with Gasteiger partial charge in [-0.1, -0.05) is 6.07 Å². The minimum absolute atomic E-state index is 0.0334. The highest BCUT2D eigenvalue weighted by Gasteiger charge is 2.30. The van der Waals surface area contributed by atoms with Gasteiger partial charge in [0.05, 0.1) is 31.6 Å². The summed E-state index contributed by atoms with van der Waals surface area (Å²) in [6, 6.07) is 10.1. The molecule has 0 saturated carbocycles. The summed E-state index contributed by atoms with van der Waals surface area (Å²) in [6.07, 6.45) is -1.02. The summed E-state index contributed by atoms with van der Waals surface area (Å²) in [6.45, 7) is 2.61. The van der Waals surface area contributed by atoms with E-state index in [1.807, 2.05) is 13.0 Å². The molecule has 3 rings (SSSR count). The maximum absolute atomic E-state index is 12.8. The molecule has 0 spiro atoms. The van der Waals surface area contributed by atoms with Gasteiger partial charge in [0.15, 0.2) is 11.5 Å². The van der Waals surface area contributed by atoms with Crippen LogP contribution in [0.3, 0.4) is 0 Å². The second-order valence-electron chi connectivity index (χ2n) is 7.71. The number of aromatic nitrogens is 2. The summed E-state index contributed by atoms with van der Waals surface area (Å²) >= 11 is 0. The van der Waals surface area contributed by atoms with Crippen LogP contribution in [0.25, 0.3) is 5.69 Å². The van der Waals surface area contributed by atoms with Gasteiger partial charge in [-0.25, -0.2) is 4.68 Å². The van der Waals surface area contributed by atoms with Crippen molar-refractivity contribution in [1.29, 1.82) is 0 Å². The number of carboxylic acid groups (broad SMARTS) is 1. The van der Waals surface area contributed by atoms with E-state index in [0.29, 0.717) is 55.5 Å². The molecular weight excluding hydrogens is 465 g/mol. The van der Waals surface area contributed by atoms with Crippen molar-refractivity contribution in [3.05, 3.63) is 65.4 Å². The highest BCUT2D eigenvalue weighted by Crippen LogP contribution is 2.31. The zero-order chi connectivity index (χ0) is 25.4. The molecule has 0 fully saturated rings. The molecule has 0 aliphatic carbocycles. The van der Waals surface area contributed by atoms with Gasteiger partial charge in [0.2, 0.25) is 5.88 Å². The van der Waals surface area contributed by atoms with Gasteiger partial charge in [0.25, 0.3) is 0 Å². The highest BCUT2D eigenvalue weighted by atomic mass is 19.4. The van der Waals surface area contributed by atoms with E-state index < -0.39 is 17.7 Å². The first-order valence-electron chi connectivity index (χ1n) is 11.1. The van der Waals surface area contributed by atoms with E-state index >= 15 is 0 Å². The van der Waals surface area contributed by atoms with Gasteiger partial charge in [0.1, 0.15) is 0 Å². The van der Waals surface area contributed by atoms with Gasteiger partial charge in [-0.15, -0.1) is 5.10 Å². The van der Waals surface area contributed by atoms with Crippen molar-refractivity contribution in [1.82, 2.24) is 9.78 Å². The van der Waals surface area contributed by atoms with Crippen LogP contribution in [-0.2, 0) is 23.8 Å². The summed E-state index contributed by atoms with van der Waals surface area (Å²) in [7, 11) is 1.52. The van der Waals surface area contributed by atoms with E-state index in [1.165, 1.54) is 23.9 Å². The fourth-order valence-corrected chi connectivity index (χ4v) is 3.44. The maximum atomic E-state index is 12.8. The fourth-order valence-electron chi connectivity index (χ4n) is 3.44. The summed E-state index contributed by atoms with van der Waals surface area (Å²) in [4.78, 5) is 10.8. The van der Waals surface area contributed by atoms with Crippen LogP contribution in [0.2, 0.25) is 0 Å². The van der Waals surface area contributed by atoms with Crippen molar-refractivity contribution >= 4 is 5.97 Å². The van der Waals surface area contributed by atoms with Crippen LogP contribution in [0.1, 0.15) is 36.5 Å². The van der Waals surface area contributed by atoms with Crippen LogP contribution in [-0.4, -0.2) is 41.2 Å². The van der Waals surface area contributed by atoms with Crippen molar-refractivity contribution in [2.45, 2.75) is 38.8 Å². The van der Waals surface area contributed by atoms with E-state index in [0.717, 1.165) is 23.3 Å². The van der Waals surface area contributed by atoms with E-state index in [9.17, 15) is 18.0 Å². The zero-order valence-electron chi connectivity index (χ0n) is 19.5. The minimum atomic E-state index is -4.40. The normalized spacial score (nSPS) is 11.3. The number of halogens is 3. The molecule has 1 N–H and O–H groups in total. The molecule has 7 nitrogen and oxygen atoms in total. The predicted octanol–water partition coefficient (Wildman–Crippen LogP) is 5.33. The van der Waals surface area contributed by atoms with Crippen LogP contribution in [0.5, 0.6) is 17.4 Å². The van der Waals surface area contributed by atoms with E-state index in [1.54, 1.807) is 18.3 Å². The topological polar surface area (TPSA) is 82.8 Å². The lowest BCUT2D eigenvalue weighted by molar-refractivity contribution is -0.138. The molecule has 2 aromatic carbocycles. The second kappa shape index (κ2) is 11.6. The average Bonchev–Trinajstić information content (AvgIpc) is 3.23. The van der Waals surface area contributed by atoms with Gasteiger partial charge in [-0.3, -0.25) is 4.79 Å². The molecule has 0 aliphatic heterocycles. The first kappa shape index (κ1) is 25.9. The summed E-state index contributed by atoms with van der Waals surface area (Å²) < 4.78 is 56.8. The van der Waals surface area contributed by atoms with Crippen LogP contribution in [0, 0.1) is 0 Å². The average molecular weight is 492 g/mol. The van der Waals surface area contributed by atoms with Crippen molar-refractivity contribution in [2.75, 3.05) is 20.3 Å². The van der Waals surface area contributed by atoms with Gasteiger partial charge in [-0.2, -0.15) is 13.2 Å². The van der Waals surface area contributed by atoms with Crippen LogP contribution >= 0.6 is 0 Å². The molecule has 0 atom stereocenters. The van der Waals surface area contributed by atoms with Crippen molar-refractivity contribution in [3.8, 4) is 23.1 Å². The van der Waals surface area contributed by atoms with Crippen molar-refractivity contribution in [3.63, 3.8) is 0 Å². The number of benzene rings is 2. The van der Waals surface area contributed by atoms with E-state index in [4.69, 9.17) is 19.3 Å². The Hall–Kier alpha value is -3.69. The molecule has 0 unspecified atom stereocenters. The van der Waals surface area contributed by atoms with Crippen LogP contribution in [0.4, 0.5) is 13.2 Å². The molecule has 35 heavy (non-hydrogen) atoms. The number of nitrogens with zero attached hydrogens (tertiary/aromatic N) is 2. The summed E-state index contributed by atoms with van der Waals surface area (Å²) in [5.41, 5.74) is 1.43. The quantitative estimate of drug-likeness (QED) is 0.344. The molecule has 3 aromatic rings. The molecule has 0 radical (unpaired) electrons. The lowest BCUT2D eigenvalue weighted by Crippen LogP contribution is -2.05. The third-order valence-corrected chi connectivity index (χ3v) is 5.20. The Morgan fingerprint density at radius 3 is 2.43 bits per heavy atom. The highest BCUT2D eigenvalue weighted by molar-refractivity contribution is 5.67. The number of alkyl halides is 3. The lowest BCUT2D eigenvalue weighted by atomic mass is 10.1. The molecule has 0 amide bonds. The van der Waals surface area contributed by atoms with E-state index in [2.05, 4.69) is 5.10 Å². The number of aliphatic carboxylic acids is 1. The number of hydrogen-bond donors (Lipinski definition) is 1. The molecule has 188 valence electrons. The van der Waals surface area contributed by atoms with Gasteiger partial charge in [-0.05, 0) is 68.1 Å². The number of methoxy groups -OCH3 is 1. The van der Waals surface area contributed by atoms with Crippen LogP contribution < -0.4 is 14.2 Å². The molecule has 0 aliphatic rings. The molecule has 10 heteroatoms. The first-order valence-corrected chi connectivity index (χ1v) is 11.1. The standard InChI is InChI=1S/C25H27F3N2O5/c1-3-34-24-18(16-30(29-24)20-10-8-19(9-11-20)25(26,27)28)5-4-14-35-21-12-6-17(7-13-23(31)32)15-22(21)33-2/h6,8-12,15-16H,3-5,7,13-14H2,1-2H3,(H,31,32). The number of carbonyl (C=O) groups is 1. The number of aryl methyl sites for hydroxylation is 2. The summed E-state index contributed by atoms with van der Waals surface area (Å²) in [5, 5.41) is 13.2. The van der Waals surface area contributed by atoms with Crippen molar-refractivity contribution < 1.29 is 37.3 Å². The predicted molar refractivity (Wildman–Crippen MR) is 123 cm³/mol. The third kappa shape index (κ3) is 7.14. The maximum Gasteiger partial charge on any atom is 0.416 e. The Morgan fingerprint density at radius 1 is 1.06 bits per heavy atom. The smallest absolute Gasteiger partial charge is 0.416 e. The summed E-state index contributed by atoms with van der Waals surface area (Å²) in [5.74, 6) is 0.639. The van der Waals surface area contributed by atoms with Gasteiger partial charge >= 0.3 is 12.1 Å². The Morgan fingerprint density at radius 2 is 1.80 bits per heavy atom. The lowest BCUT2D eigenvalue weighted by Gasteiger charge is -2.12. The molecule has 1 aromatic heterocycles. The Balaban J connectivity index is 1.62. The third-order valence-electron chi connectivity index (χ3n) is 5.20. The molecule has 1 heterocycles. The monoisotopic (exact) mass is 492 g/mol. The van der Waals surface area contributed by atoms with Crippen molar-refractivity contribution in [2.24, 2.45) is 0 Å². The molecular formula is C25H27F3N2O5. The Kier molecular flexibility index (Phi) is 8.62. The Labute approximate surface area is 201 Å². The zero-order valence-corrected chi connectivity index (χ0v) is 19.5. The minimum Gasteiger partial charge on any atom is -0.493 e. The number of hydrogen-bond acceptors (Lipinski definition) is 5. The second-order valence-corrected chi connectivity index (χ2v) is 7.71. The number of rotatable bonds is 12. The molecule has 0 bridgehead atoms. The Bertz CT molecular complexity index is 1130. The fraction of sp³-hybridized carbons (Fsp3) is 0.360. The van der Waals surface area contributed by atoms with Crippen LogP contribution in [0.15, 0.2) is 48.7 Å². The molecule has 0 saturated heterocycles. The van der Waals surface area contributed by atoms with Gasteiger partial charge < -0.3 is 19.3 Å². The largest absolute Gasteiger partial charge is 0.493 e. The van der Waals surface area contributed by atoms with E-state index in [-0.39, 0.29) is 6.42 Å². The number of ether oxygens (including phenoxy) is 3. The first-order chi connectivity index (χ1) is 16.7. The van der Waals surface area contributed by atoms with Gasteiger partial charge in [0, 0.05) is 18.2 Å². The number of carboxylic acids is 1. The SMILES string of the molecule is CCOc1nn(-c2ccc(C(F)(F)F)cc2)cc1CCCOc1ccc(CCC(=O)O)cc1OC.